The maximum absolute atomic E-state index is 4.21. The predicted molar refractivity (Wildman–Crippen MR) is 77.0 cm³/mol. The fourth-order valence-corrected chi connectivity index (χ4v) is 2.29. The Kier molecular flexibility index (Phi) is 7.13. The van der Waals surface area contributed by atoms with Crippen molar-refractivity contribution in [2.24, 2.45) is 0 Å². The Balaban J connectivity index is 2.40. The fourth-order valence-electron chi connectivity index (χ4n) is 1.91. The standard InChI is InChI=1S/C14H21BrN2/c1-3-4-5-6-7-8-14(16-2)12-9-13(15)11-17-10-12/h3,9-11,14,16H,1,4-8H2,2H3. The van der Waals surface area contributed by atoms with Crippen molar-refractivity contribution in [3.8, 4) is 0 Å². The summed E-state index contributed by atoms with van der Waals surface area (Å²) in [6, 6.07) is 2.54. The zero-order valence-corrected chi connectivity index (χ0v) is 12.0. The van der Waals surface area contributed by atoms with Gasteiger partial charge in [-0.2, -0.15) is 0 Å². The van der Waals surface area contributed by atoms with Crippen molar-refractivity contribution in [2.75, 3.05) is 7.05 Å². The van der Waals surface area contributed by atoms with E-state index < -0.39 is 0 Å². The maximum atomic E-state index is 4.21. The van der Waals surface area contributed by atoms with E-state index in [0.717, 1.165) is 17.3 Å². The lowest BCUT2D eigenvalue weighted by Crippen LogP contribution is -2.16. The number of aromatic nitrogens is 1. The number of hydrogen-bond acceptors (Lipinski definition) is 2. The zero-order chi connectivity index (χ0) is 12.5. The number of rotatable bonds is 8. The second kappa shape index (κ2) is 8.43. The SMILES string of the molecule is C=CCCCCCC(NC)c1cncc(Br)c1. The van der Waals surface area contributed by atoms with Crippen LogP contribution in [0.4, 0.5) is 0 Å². The summed E-state index contributed by atoms with van der Waals surface area (Å²) in [6.45, 7) is 3.74. The Labute approximate surface area is 113 Å². The molecule has 0 aliphatic heterocycles. The number of pyridine rings is 1. The molecule has 17 heavy (non-hydrogen) atoms. The molecular weight excluding hydrogens is 276 g/mol. The van der Waals surface area contributed by atoms with Gasteiger partial charge in [-0.25, -0.2) is 0 Å². The zero-order valence-electron chi connectivity index (χ0n) is 10.5. The van der Waals surface area contributed by atoms with Crippen LogP contribution in [0.1, 0.15) is 43.7 Å². The van der Waals surface area contributed by atoms with E-state index >= 15 is 0 Å². The van der Waals surface area contributed by atoms with E-state index in [2.05, 4.69) is 38.9 Å². The van der Waals surface area contributed by atoms with Crippen molar-refractivity contribution in [3.05, 3.63) is 41.2 Å². The first-order valence-corrected chi connectivity index (χ1v) is 6.96. The van der Waals surface area contributed by atoms with Crippen LogP contribution < -0.4 is 5.32 Å². The van der Waals surface area contributed by atoms with Gasteiger partial charge in [0.1, 0.15) is 0 Å². The molecule has 0 aliphatic rings. The highest BCUT2D eigenvalue weighted by Crippen LogP contribution is 2.21. The summed E-state index contributed by atoms with van der Waals surface area (Å²) in [6.07, 6.45) is 11.8. The summed E-state index contributed by atoms with van der Waals surface area (Å²) >= 11 is 3.46. The molecule has 1 N–H and O–H groups in total. The lowest BCUT2D eigenvalue weighted by Gasteiger charge is -2.16. The van der Waals surface area contributed by atoms with Crippen LogP contribution in [0, 0.1) is 0 Å². The molecule has 1 unspecified atom stereocenters. The van der Waals surface area contributed by atoms with Crippen LogP contribution >= 0.6 is 15.9 Å². The molecule has 1 aromatic rings. The van der Waals surface area contributed by atoms with Crippen LogP contribution in [0.2, 0.25) is 0 Å². The minimum atomic E-state index is 0.406. The molecule has 0 bridgehead atoms. The van der Waals surface area contributed by atoms with E-state index in [-0.39, 0.29) is 0 Å². The summed E-state index contributed by atoms with van der Waals surface area (Å²) in [4.78, 5) is 4.21. The summed E-state index contributed by atoms with van der Waals surface area (Å²) in [5.74, 6) is 0. The third kappa shape index (κ3) is 5.46. The molecule has 1 aromatic heterocycles. The van der Waals surface area contributed by atoms with Crippen LogP contribution in [0.15, 0.2) is 35.6 Å². The van der Waals surface area contributed by atoms with Crippen molar-refractivity contribution < 1.29 is 0 Å². The number of nitrogens with one attached hydrogen (secondary N) is 1. The molecule has 0 aliphatic carbocycles. The van der Waals surface area contributed by atoms with Gasteiger partial charge < -0.3 is 5.32 Å². The lowest BCUT2D eigenvalue weighted by atomic mass is 10.0. The highest BCUT2D eigenvalue weighted by atomic mass is 79.9. The van der Waals surface area contributed by atoms with Crippen molar-refractivity contribution in [1.29, 1.82) is 0 Å². The Morgan fingerprint density at radius 2 is 2.24 bits per heavy atom. The van der Waals surface area contributed by atoms with Gasteiger partial charge in [0.05, 0.1) is 0 Å². The average Bonchev–Trinajstić information content (AvgIpc) is 2.34. The molecule has 0 amide bonds. The molecule has 94 valence electrons. The van der Waals surface area contributed by atoms with E-state index in [0.29, 0.717) is 6.04 Å². The van der Waals surface area contributed by atoms with E-state index in [4.69, 9.17) is 0 Å². The van der Waals surface area contributed by atoms with Crippen LogP contribution in [0.3, 0.4) is 0 Å². The second-order valence-corrected chi connectivity index (χ2v) is 5.12. The second-order valence-electron chi connectivity index (χ2n) is 4.20. The summed E-state index contributed by atoms with van der Waals surface area (Å²) in [5.41, 5.74) is 1.26. The molecule has 1 rings (SSSR count). The highest BCUT2D eigenvalue weighted by Gasteiger charge is 2.09. The molecular formula is C14H21BrN2. The molecule has 2 nitrogen and oxygen atoms in total. The molecule has 1 heterocycles. The summed E-state index contributed by atoms with van der Waals surface area (Å²) in [5, 5.41) is 3.36. The molecule has 3 heteroatoms. The van der Waals surface area contributed by atoms with Crippen LogP contribution in [0.25, 0.3) is 0 Å². The Morgan fingerprint density at radius 1 is 1.41 bits per heavy atom. The predicted octanol–water partition coefficient (Wildman–Crippen LogP) is 4.24. The fraction of sp³-hybridized carbons (Fsp3) is 0.500. The Morgan fingerprint density at radius 3 is 2.88 bits per heavy atom. The van der Waals surface area contributed by atoms with Gasteiger partial charge in [0, 0.05) is 22.9 Å². The van der Waals surface area contributed by atoms with Crippen LogP contribution in [-0.4, -0.2) is 12.0 Å². The first kappa shape index (κ1) is 14.4. The van der Waals surface area contributed by atoms with E-state index in [1.54, 1.807) is 0 Å². The van der Waals surface area contributed by atoms with Gasteiger partial charge >= 0.3 is 0 Å². The number of unbranched alkanes of at least 4 members (excludes halogenated alkanes) is 3. The minimum absolute atomic E-state index is 0.406. The van der Waals surface area contributed by atoms with Gasteiger partial charge in [-0.3, -0.25) is 4.98 Å². The minimum Gasteiger partial charge on any atom is -0.313 e. The highest BCUT2D eigenvalue weighted by molar-refractivity contribution is 9.10. The molecule has 0 spiro atoms. The molecule has 0 fully saturated rings. The Bertz CT molecular complexity index is 339. The van der Waals surface area contributed by atoms with Gasteiger partial charge in [0.2, 0.25) is 0 Å². The topological polar surface area (TPSA) is 24.9 Å². The number of nitrogens with zero attached hydrogens (tertiary/aromatic N) is 1. The number of halogens is 1. The third-order valence-corrected chi connectivity index (χ3v) is 3.31. The summed E-state index contributed by atoms with van der Waals surface area (Å²) in [7, 11) is 2.01. The number of allylic oxidation sites excluding steroid dienone is 1. The average molecular weight is 297 g/mol. The largest absolute Gasteiger partial charge is 0.313 e. The van der Waals surface area contributed by atoms with Crippen molar-refractivity contribution in [1.82, 2.24) is 10.3 Å². The van der Waals surface area contributed by atoms with Gasteiger partial charge in [-0.15, -0.1) is 6.58 Å². The van der Waals surface area contributed by atoms with Crippen LogP contribution in [-0.2, 0) is 0 Å². The van der Waals surface area contributed by atoms with E-state index in [9.17, 15) is 0 Å². The lowest BCUT2D eigenvalue weighted by molar-refractivity contribution is 0.506. The first-order chi connectivity index (χ1) is 8.27. The molecule has 0 radical (unpaired) electrons. The van der Waals surface area contributed by atoms with Crippen LogP contribution in [0.5, 0.6) is 0 Å². The normalized spacial score (nSPS) is 12.4. The van der Waals surface area contributed by atoms with E-state index in [1.165, 1.54) is 24.8 Å². The van der Waals surface area contributed by atoms with Crippen molar-refractivity contribution >= 4 is 15.9 Å². The third-order valence-electron chi connectivity index (χ3n) is 2.88. The maximum Gasteiger partial charge on any atom is 0.0410 e. The molecule has 1 atom stereocenters. The smallest absolute Gasteiger partial charge is 0.0410 e. The quantitative estimate of drug-likeness (QED) is 0.573. The number of hydrogen-bond donors (Lipinski definition) is 1. The van der Waals surface area contributed by atoms with Gasteiger partial charge in [-0.1, -0.05) is 18.9 Å². The van der Waals surface area contributed by atoms with Crippen molar-refractivity contribution in [2.45, 2.75) is 38.1 Å². The molecule has 0 aromatic carbocycles. The van der Waals surface area contributed by atoms with Crippen molar-refractivity contribution in [3.63, 3.8) is 0 Å². The van der Waals surface area contributed by atoms with Gasteiger partial charge in [0.15, 0.2) is 0 Å². The molecule has 0 saturated carbocycles. The Hall–Kier alpha value is -0.670. The monoisotopic (exact) mass is 296 g/mol. The van der Waals surface area contributed by atoms with E-state index in [1.807, 2.05) is 25.5 Å². The summed E-state index contributed by atoms with van der Waals surface area (Å²) < 4.78 is 1.04. The molecule has 0 saturated heterocycles. The van der Waals surface area contributed by atoms with Gasteiger partial charge in [-0.05, 0) is 53.9 Å². The van der Waals surface area contributed by atoms with Gasteiger partial charge in [0.25, 0.3) is 0 Å². The first-order valence-electron chi connectivity index (χ1n) is 6.16.